The Hall–Kier alpha value is -2.08. The minimum Gasteiger partial charge on any atom is -0.452 e. The summed E-state index contributed by atoms with van der Waals surface area (Å²) in [5, 5.41) is 0. The van der Waals surface area contributed by atoms with Crippen LogP contribution in [0.25, 0.3) is 0 Å². The molecule has 0 N–H and O–H groups in total. The van der Waals surface area contributed by atoms with Crippen molar-refractivity contribution in [1.82, 2.24) is 0 Å². The van der Waals surface area contributed by atoms with Gasteiger partial charge in [-0.1, -0.05) is 13.2 Å². The Morgan fingerprint density at radius 2 is 1.28 bits per heavy atom. The molecule has 0 saturated carbocycles. The molecule has 0 radical (unpaired) electrons. The number of ether oxygens (including phenoxy) is 4. The van der Waals surface area contributed by atoms with E-state index < -0.39 is 62.4 Å². The molecule has 0 aromatic heterocycles. The van der Waals surface area contributed by atoms with Gasteiger partial charge < -0.3 is 18.9 Å². The summed E-state index contributed by atoms with van der Waals surface area (Å²) in [6.45, 7) is 4.55. The number of carbonyl (C=O) groups excluding carboxylic acids is 2. The van der Waals surface area contributed by atoms with Gasteiger partial charge in [-0.25, -0.2) is 18.4 Å². The lowest BCUT2D eigenvalue weighted by Gasteiger charge is -2.29. The van der Waals surface area contributed by atoms with Crippen LogP contribution < -0.4 is 0 Å². The Morgan fingerprint density at radius 3 is 1.59 bits per heavy atom. The van der Waals surface area contributed by atoms with Crippen molar-refractivity contribution >= 4 is 11.9 Å². The van der Waals surface area contributed by atoms with Gasteiger partial charge in [0.15, 0.2) is 25.1 Å². The maximum Gasteiger partial charge on any atom is 0.386 e. The van der Waals surface area contributed by atoms with Crippen LogP contribution in [-0.4, -0.2) is 62.4 Å². The van der Waals surface area contributed by atoms with Gasteiger partial charge in [0, 0.05) is 11.1 Å². The van der Waals surface area contributed by atoms with Crippen LogP contribution in [0.3, 0.4) is 0 Å². The second kappa shape index (κ2) is 11.2. The molecule has 0 rings (SSSR count). The maximum atomic E-state index is 13.4. The van der Waals surface area contributed by atoms with Gasteiger partial charge in [-0.05, 0) is 20.8 Å². The molecule has 0 aromatic rings. The van der Waals surface area contributed by atoms with Crippen molar-refractivity contribution in [2.45, 2.75) is 51.4 Å². The van der Waals surface area contributed by atoms with Crippen LogP contribution >= 0.6 is 0 Å². The molecule has 3 atom stereocenters. The van der Waals surface area contributed by atoms with E-state index in [1.165, 1.54) is 13.8 Å². The third-order valence-corrected chi connectivity index (χ3v) is 3.15. The van der Waals surface area contributed by atoms with Gasteiger partial charge in [0.25, 0.3) is 0 Å². The lowest BCUT2D eigenvalue weighted by molar-refractivity contribution is -0.289. The molecule has 0 amide bonds. The van der Waals surface area contributed by atoms with Gasteiger partial charge >= 0.3 is 24.2 Å². The molecule has 0 saturated heterocycles. The Labute approximate surface area is 163 Å². The van der Waals surface area contributed by atoms with Crippen LogP contribution in [0.4, 0.5) is 26.3 Å². The van der Waals surface area contributed by atoms with Crippen molar-refractivity contribution in [3.8, 4) is 0 Å². The van der Waals surface area contributed by atoms with Crippen LogP contribution in [0.2, 0.25) is 0 Å². The Kier molecular flexibility index (Phi) is 10.4. The highest BCUT2D eigenvalue weighted by Crippen LogP contribution is 2.25. The van der Waals surface area contributed by atoms with Crippen molar-refractivity contribution < 1.29 is 54.9 Å². The number of esters is 2. The molecule has 168 valence electrons. The Balaban J connectivity index is 5.68. The van der Waals surface area contributed by atoms with Gasteiger partial charge in [0.2, 0.25) is 0 Å². The van der Waals surface area contributed by atoms with Crippen molar-refractivity contribution in [2.75, 3.05) is 19.9 Å². The van der Waals surface area contributed by atoms with Crippen molar-refractivity contribution in [3.63, 3.8) is 0 Å². The molecule has 12 heteroatoms. The molecule has 0 fully saturated rings. The lowest BCUT2D eigenvalue weighted by Crippen LogP contribution is -2.45. The first kappa shape index (κ1) is 26.9. The topological polar surface area (TPSA) is 71.1 Å². The summed E-state index contributed by atoms with van der Waals surface area (Å²) in [7, 11) is 0. The molecule has 0 aliphatic heterocycles. The predicted molar refractivity (Wildman–Crippen MR) is 87.7 cm³/mol. The molecule has 6 nitrogen and oxygen atoms in total. The molecule has 0 heterocycles. The normalized spacial score (nSPS) is 15.2. The fourth-order valence-electron chi connectivity index (χ4n) is 1.46. The van der Waals surface area contributed by atoms with Crippen LogP contribution in [0.15, 0.2) is 24.3 Å². The van der Waals surface area contributed by atoms with E-state index in [2.05, 4.69) is 22.6 Å². The number of alkyl halides is 6. The zero-order chi connectivity index (χ0) is 23.0. The van der Waals surface area contributed by atoms with Gasteiger partial charge in [0.1, 0.15) is 0 Å². The van der Waals surface area contributed by atoms with Crippen molar-refractivity contribution in [2.24, 2.45) is 0 Å². The molecule has 0 aliphatic rings. The summed E-state index contributed by atoms with van der Waals surface area (Å²) < 4.78 is 95.7. The lowest BCUT2D eigenvalue weighted by atomic mass is 10.2. The summed E-state index contributed by atoms with van der Waals surface area (Å²) in [6, 6.07) is 0. The largest absolute Gasteiger partial charge is 0.452 e. The molecule has 0 spiro atoms. The van der Waals surface area contributed by atoms with E-state index in [1.807, 2.05) is 0 Å². The standard InChI is InChI=1S/C17H22F6O6/c1-9(2)14(24)28-12(6-26-16(20,21)8-18)13(29-15(25)10(3)4)7-27-17(22,23)11(5)19/h11-13H,1,3,6-8H2,2,4-5H3. The zero-order valence-electron chi connectivity index (χ0n) is 16.0. The van der Waals surface area contributed by atoms with Gasteiger partial charge in [-0.2, -0.15) is 17.6 Å². The fraction of sp³-hybridized carbons (Fsp3) is 0.647. The van der Waals surface area contributed by atoms with E-state index in [1.54, 1.807) is 0 Å². The van der Waals surface area contributed by atoms with Gasteiger partial charge in [0.05, 0.1) is 13.2 Å². The third kappa shape index (κ3) is 9.79. The van der Waals surface area contributed by atoms with Crippen LogP contribution in [0.5, 0.6) is 0 Å². The van der Waals surface area contributed by atoms with E-state index in [0.717, 1.165) is 0 Å². The van der Waals surface area contributed by atoms with E-state index in [0.29, 0.717) is 6.92 Å². The minimum absolute atomic E-state index is 0.221. The number of hydrogen-bond acceptors (Lipinski definition) is 6. The number of hydrogen-bond donors (Lipinski definition) is 0. The molecule has 0 aromatic carbocycles. The minimum atomic E-state index is -4.33. The molecule has 0 aliphatic carbocycles. The maximum absolute atomic E-state index is 13.4. The second-order valence-corrected chi connectivity index (χ2v) is 6.02. The smallest absolute Gasteiger partial charge is 0.386 e. The van der Waals surface area contributed by atoms with Gasteiger partial charge in [-0.15, -0.1) is 0 Å². The van der Waals surface area contributed by atoms with E-state index in [4.69, 9.17) is 9.47 Å². The first-order valence-corrected chi connectivity index (χ1v) is 8.09. The van der Waals surface area contributed by atoms with Crippen LogP contribution in [0, 0.1) is 0 Å². The number of halogens is 6. The highest BCUT2D eigenvalue weighted by molar-refractivity contribution is 5.88. The third-order valence-electron chi connectivity index (χ3n) is 3.15. The summed E-state index contributed by atoms with van der Waals surface area (Å²) in [6.07, 6.45) is -15.3. The van der Waals surface area contributed by atoms with Crippen LogP contribution in [-0.2, 0) is 28.5 Å². The van der Waals surface area contributed by atoms with Crippen molar-refractivity contribution in [3.05, 3.63) is 24.3 Å². The first-order valence-electron chi connectivity index (χ1n) is 8.09. The quantitative estimate of drug-likeness (QED) is 0.250. The fourth-order valence-corrected chi connectivity index (χ4v) is 1.46. The Bertz CT molecular complexity index is 607. The van der Waals surface area contributed by atoms with Crippen LogP contribution in [0.1, 0.15) is 20.8 Å². The van der Waals surface area contributed by atoms with Crippen molar-refractivity contribution in [1.29, 1.82) is 0 Å². The number of carbonyl (C=O) groups is 2. The summed E-state index contributed by atoms with van der Waals surface area (Å²) >= 11 is 0. The molecule has 3 unspecified atom stereocenters. The molecular formula is C17H22F6O6. The highest BCUT2D eigenvalue weighted by atomic mass is 19.3. The average Bonchev–Trinajstić information content (AvgIpc) is 2.61. The first-order chi connectivity index (χ1) is 13.1. The molecule has 0 bridgehead atoms. The zero-order valence-corrected chi connectivity index (χ0v) is 16.0. The molecule has 29 heavy (non-hydrogen) atoms. The monoisotopic (exact) mass is 436 g/mol. The summed E-state index contributed by atoms with van der Waals surface area (Å²) in [5.74, 6) is -2.35. The SMILES string of the molecule is C=C(C)C(=O)OC(COC(F)(F)CF)C(COC(F)(F)C(C)F)OC(=O)C(=C)C. The Morgan fingerprint density at radius 1 is 0.897 bits per heavy atom. The highest BCUT2D eigenvalue weighted by Gasteiger charge is 2.42. The summed E-state index contributed by atoms with van der Waals surface area (Å²) in [4.78, 5) is 23.5. The predicted octanol–water partition coefficient (Wildman–Crippen LogP) is 3.51. The summed E-state index contributed by atoms with van der Waals surface area (Å²) in [5.41, 5.74) is -0.443. The van der Waals surface area contributed by atoms with Gasteiger partial charge in [-0.3, -0.25) is 0 Å². The second-order valence-electron chi connectivity index (χ2n) is 6.02. The molecular weight excluding hydrogens is 414 g/mol. The number of rotatable bonds is 13. The van der Waals surface area contributed by atoms with E-state index in [-0.39, 0.29) is 11.1 Å². The van der Waals surface area contributed by atoms with E-state index >= 15 is 0 Å². The van der Waals surface area contributed by atoms with E-state index in [9.17, 15) is 35.9 Å². The average molecular weight is 436 g/mol.